The van der Waals surface area contributed by atoms with Gasteiger partial charge in [0, 0.05) is 12.2 Å². The van der Waals surface area contributed by atoms with E-state index in [2.05, 4.69) is 18.9 Å². The molecule has 0 unspecified atom stereocenters. The molecule has 0 spiro atoms. The maximum Gasteiger partial charge on any atom is 0.488 e. The smallest absolute Gasteiger partial charge is 0.487 e. The SMILES string of the molecule is CC(C)n1ccc(COc2cccc(B(O)O)c2)n1. The van der Waals surface area contributed by atoms with Gasteiger partial charge in [-0.3, -0.25) is 4.68 Å². The maximum atomic E-state index is 9.08. The Morgan fingerprint density at radius 3 is 2.74 bits per heavy atom. The topological polar surface area (TPSA) is 67.5 Å². The summed E-state index contributed by atoms with van der Waals surface area (Å²) in [6.45, 7) is 4.47. The first-order valence-electron chi connectivity index (χ1n) is 6.19. The Balaban J connectivity index is 1.99. The van der Waals surface area contributed by atoms with Crippen LogP contribution >= 0.6 is 0 Å². The van der Waals surface area contributed by atoms with E-state index in [-0.39, 0.29) is 0 Å². The van der Waals surface area contributed by atoms with Gasteiger partial charge < -0.3 is 14.8 Å². The van der Waals surface area contributed by atoms with Gasteiger partial charge >= 0.3 is 7.12 Å². The third-order valence-corrected chi connectivity index (χ3v) is 2.74. The summed E-state index contributed by atoms with van der Waals surface area (Å²) in [7, 11) is -1.48. The zero-order chi connectivity index (χ0) is 13.8. The summed E-state index contributed by atoms with van der Waals surface area (Å²) >= 11 is 0. The van der Waals surface area contributed by atoms with Crippen molar-refractivity contribution in [3.8, 4) is 5.75 Å². The lowest BCUT2D eigenvalue weighted by molar-refractivity contribution is 0.298. The molecule has 1 heterocycles. The highest BCUT2D eigenvalue weighted by Crippen LogP contribution is 2.11. The average Bonchev–Trinajstić information content (AvgIpc) is 2.85. The lowest BCUT2D eigenvalue weighted by Crippen LogP contribution is -2.29. The highest BCUT2D eigenvalue weighted by atomic mass is 16.5. The number of rotatable bonds is 5. The van der Waals surface area contributed by atoms with Gasteiger partial charge in [-0.15, -0.1) is 0 Å². The van der Waals surface area contributed by atoms with Crippen LogP contribution < -0.4 is 10.2 Å². The Bertz CT molecular complexity index is 540. The highest BCUT2D eigenvalue weighted by Gasteiger charge is 2.11. The molecule has 2 aromatic rings. The van der Waals surface area contributed by atoms with E-state index in [1.165, 1.54) is 0 Å². The fourth-order valence-electron chi connectivity index (χ4n) is 1.66. The van der Waals surface area contributed by atoms with Gasteiger partial charge in [0.25, 0.3) is 0 Å². The second-order valence-electron chi connectivity index (χ2n) is 4.62. The van der Waals surface area contributed by atoms with Crippen LogP contribution in [0.2, 0.25) is 0 Å². The molecule has 0 atom stereocenters. The van der Waals surface area contributed by atoms with Gasteiger partial charge in [0.15, 0.2) is 0 Å². The fourth-order valence-corrected chi connectivity index (χ4v) is 1.66. The van der Waals surface area contributed by atoms with Crippen LogP contribution in [0.4, 0.5) is 0 Å². The van der Waals surface area contributed by atoms with Crippen molar-refractivity contribution in [1.29, 1.82) is 0 Å². The third-order valence-electron chi connectivity index (χ3n) is 2.74. The van der Waals surface area contributed by atoms with Gasteiger partial charge in [-0.05, 0) is 37.5 Å². The molecule has 0 bridgehead atoms. The van der Waals surface area contributed by atoms with Gasteiger partial charge in [0.1, 0.15) is 12.4 Å². The number of aromatic nitrogens is 2. The minimum atomic E-state index is -1.48. The van der Waals surface area contributed by atoms with Crippen molar-refractivity contribution in [2.24, 2.45) is 0 Å². The molecule has 0 saturated carbocycles. The van der Waals surface area contributed by atoms with Crippen LogP contribution in [0, 0.1) is 0 Å². The van der Waals surface area contributed by atoms with Crippen LogP contribution in [0.25, 0.3) is 0 Å². The highest BCUT2D eigenvalue weighted by molar-refractivity contribution is 6.58. The third kappa shape index (κ3) is 3.59. The van der Waals surface area contributed by atoms with Gasteiger partial charge in [-0.25, -0.2) is 0 Å². The van der Waals surface area contributed by atoms with Crippen molar-refractivity contribution in [3.63, 3.8) is 0 Å². The normalized spacial score (nSPS) is 10.8. The predicted octanol–water partition coefficient (Wildman–Crippen LogP) is 0.723. The van der Waals surface area contributed by atoms with Crippen LogP contribution in [0.5, 0.6) is 5.75 Å². The van der Waals surface area contributed by atoms with Crippen molar-refractivity contribution >= 4 is 12.6 Å². The largest absolute Gasteiger partial charge is 0.488 e. The van der Waals surface area contributed by atoms with E-state index in [1.807, 2.05) is 16.9 Å². The number of nitrogens with zero attached hydrogens (tertiary/aromatic N) is 2. The van der Waals surface area contributed by atoms with Gasteiger partial charge in [-0.2, -0.15) is 5.10 Å². The molecule has 1 aromatic carbocycles. The van der Waals surface area contributed by atoms with Gasteiger partial charge in [0.2, 0.25) is 0 Å². The zero-order valence-electron chi connectivity index (χ0n) is 11.0. The first-order valence-corrected chi connectivity index (χ1v) is 6.19. The lowest BCUT2D eigenvalue weighted by Gasteiger charge is -2.07. The molecule has 6 heteroatoms. The summed E-state index contributed by atoms with van der Waals surface area (Å²) in [4.78, 5) is 0. The summed E-state index contributed by atoms with van der Waals surface area (Å²) in [5, 5.41) is 22.5. The summed E-state index contributed by atoms with van der Waals surface area (Å²) < 4.78 is 7.45. The first kappa shape index (κ1) is 13.6. The molecule has 100 valence electrons. The minimum absolute atomic E-state index is 0.321. The zero-order valence-corrected chi connectivity index (χ0v) is 11.0. The fraction of sp³-hybridized carbons (Fsp3) is 0.308. The summed E-state index contributed by atoms with van der Waals surface area (Å²) in [6.07, 6.45) is 1.91. The Hall–Kier alpha value is -1.79. The van der Waals surface area contributed by atoms with E-state index in [1.54, 1.807) is 24.3 Å². The van der Waals surface area contributed by atoms with Crippen LogP contribution in [-0.2, 0) is 6.61 Å². The van der Waals surface area contributed by atoms with Crippen molar-refractivity contribution < 1.29 is 14.8 Å². The number of benzene rings is 1. The second kappa shape index (κ2) is 5.90. The molecular formula is C13H17BN2O3. The average molecular weight is 260 g/mol. The first-order chi connectivity index (χ1) is 9.06. The van der Waals surface area contributed by atoms with Crippen molar-refractivity contribution in [3.05, 3.63) is 42.2 Å². The number of ether oxygens (including phenoxy) is 1. The van der Waals surface area contributed by atoms with Crippen LogP contribution in [0.15, 0.2) is 36.5 Å². The molecular weight excluding hydrogens is 243 g/mol. The van der Waals surface area contributed by atoms with E-state index in [9.17, 15) is 0 Å². The van der Waals surface area contributed by atoms with E-state index >= 15 is 0 Å². The molecule has 0 radical (unpaired) electrons. The van der Waals surface area contributed by atoms with E-state index in [0.29, 0.717) is 23.9 Å². The number of hydrogen-bond donors (Lipinski definition) is 2. The van der Waals surface area contributed by atoms with Crippen LogP contribution in [0.1, 0.15) is 25.6 Å². The second-order valence-corrected chi connectivity index (χ2v) is 4.62. The van der Waals surface area contributed by atoms with Crippen LogP contribution in [0.3, 0.4) is 0 Å². The predicted molar refractivity (Wildman–Crippen MR) is 73.2 cm³/mol. The molecule has 5 nitrogen and oxygen atoms in total. The lowest BCUT2D eigenvalue weighted by atomic mass is 9.80. The maximum absolute atomic E-state index is 9.08. The summed E-state index contributed by atoms with van der Waals surface area (Å²) in [5.41, 5.74) is 1.24. The molecule has 0 fully saturated rings. The van der Waals surface area contributed by atoms with Crippen molar-refractivity contribution in [2.45, 2.75) is 26.5 Å². The quantitative estimate of drug-likeness (QED) is 0.777. The Labute approximate surface area is 112 Å². The molecule has 1 aromatic heterocycles. The molecule has 0 aliphatic rings. The van der Waals surface area contributed by atoms with Crippen molar-refractivity contribution in [2.75, 3.05) is 0 Å². The molecule has 0 aliphatic heterocycles. The van der Waals surface area contributed by atoms with Crippen molar-refractivity contribution in [1.82, 2.24) is 9.78 Å². The van der Waals surface area contributed by atoms with E-state index in [4.69, 9.17) is 14.8 Å². The molecule has 0 saturated heterocycles. The Morgan fingerprint density at radius 1 is 1.32 bits per heavy atom. The Morgan fingerprint density at radius 2 is 2.11 bits per heavy atom. The molecule has 0 amide bonds. The van der Waals surface area contributed by atoms with Crippen LogP contribution in [-0.4, -0.2) is 26.9 Å². The standard InChI is InChI=1S/C13H17BN2O3/c1-10(2)16-7-6-12(15-16)9-19-13-5-3-4-11(8-13)14(17)18/h3-8,10,17-18H,9H2,1-2H3. The molecule has 2 rings (SSSR count). The minimum Gasteiger partial charge on any atom is -0.487 e. The van der Waals surface area contributed by atoms with Gasteiger partial charge in [-0.1, -0.05) is 12.1 Å². The Kier molecular flexibility index (Phi) is 4.24. The molecule has 19 heavy (non-hydrogen) atoms. The summed E-state index contributed by atoms with van der Waals surface area (Å²) in [5.74, 6) is 0.588. The summed E-state index contributed by atoms with van der Waals surface area (Å²) in [6, 6.07) is 8.95. The number of hydrogen-bond acceptors (Lipinski definition) is 4. The van der Waals surface area contributed by atoms with E-state index in [0.717, 1.165) is 5.69 Å². The van der Waals surface area contributed by atoms with Gasteiger partial charge in [0.05, 0.1) is 5.69 Å². The molecule has 2 N–H and O–H groups in total. The monoisotopic (exact) mass is 260 g/mol. The molecule has 0 aliphatic carbocycles. The van der Waals surface area contributed by atoms with E-state index < -0.39 is 7.12 Å².